The first-order chi connectivity index (χ1) is 27.0. The number of phenols is 1. The molecule has 12 heteroatoms. The number of phenolic OH excluding ortho intramolecular Hbond substituents is 1. The van der Waals surface area contributed by atoms with Gasteiger partial charge in [0.05, 0.1) is 23.7 Å². The van der Waals surface area contributed by atoms with E-state index in [0.29, 0.717) is 68.1 Å². The van der Waals surface area contributed by atoms with Gasteiger partial charge in [-0.1, -0.05) is 42.5 Å². The molecule has 0 aliphatic carbocycles. The number of nitrogens with zero attached hydrogens (tertiary/aromatic N) is 5. The molecule has 1 atom stereocenters. The van der Waals surface area contributed by atoms with E-state index in [-0.39, 0.29) is 35.0 Å². The van der Waals surface area contributed by atoms with E-state index in [2.05, 4.69) is 23.1 Å². The van der Waals surface area contributed by atoms with E-state index in [4.69, 9.17) is 4.74 Å². The molecule has 5 aromatic rings. The number of morpholine rings is 1. The van der Waals surface area contributed by atoms with Crippen molar-refractivity contribution in [1.29, 1.82) is 0 Å². The van der Waals surface area contributed by atoms with Gasteiger partial charge in [-0.3, -0.25) is 14.5 Å². The molecule has 1 saturated heterocycles. The molecule has 0 unspecified atom stereocenters. The van der Waals surface area contributed by atoms with Crippen LogP contribution in [0.3, 0.4) is 0 Å². The van der Waals surface area contributed by atoms with Crippen molar-refractivity contribution in [2.45, 2.75) is 43.8 Å². The number of aromatic nitrogens is 1. The Kier molecular flexibility index (Phi) is 10.3. The van der Waals surface area contributed by atoms with Crippen molar-refractivity contribution in [1.82, 2.24) is 18.7 Å². The fourth-order valence-corrected chi connectivity index (χ4v) is 9.73. The lowest BCUT2D eigenvalue weighted by Crippen LogP contribution is -2.52. The van der Waals surface area contributed by atoms with Crippen LogP contribution in [0.2, 0.25) is 0 Å². The summed E-state index contributed by atoms with van der Waals surface area (Å²) in [6.07, 6.45) is 1.19. The molecule has 56 heavy (non-hydrogen) atoms. The largest absolute Gasteiger partial charge is 0.508 e. The highest BCUT2D eigenvalue weighted by Gasteiger charge is 2.36. The van der Waals surface area contributed by atoms with Gasteiger partial charge in [0.25, 0.3) is 11.8 Å². The molecule has 0 saturated carbocycles. The zero-order chi connectivity index (χ0) is 39.1. The topological polar surface area (TPSA) is 116 Å². The van der Waals surface area contributed by atoms with Crippen molar-refractivity contribution < 1.29 is 27.9 Å². The van der Waals surface area contributed by atoms with Crippen LogP contribution < -0.4 is 4.90 Å². The van der Waals surface area contributed by atoms with Crippen LogP contribution in [0, 0.1) is 6.92 Å². The molecule has 0 spiro atoms. The zero-order valence-corrected chi connectivity index (χ0v) is 32.8. The molecule has 0 bridgehead atoms. The number of hydrogen-bond donors (Lipinski definition) is 1. The Hall–Kier alpha value is -5.27. The summed E-state index contributed by atoms with van der Waals surface area (Å²) in [4.78, 5) is 35.5. The van der Waals surface area contributed by atoms with Gasteiger partial charge < -0.3 is 24.2 Å². The first-order valence-corrected chi connectivity index (χ1v) is 20.6. The van der Waals surface area contributed by atoms with Gasteiger partial charge in [-0.15, -0.1) is 0 Å². The number of sulfonamides is 1. The maximum Gasteiger partial charge on any atom is 0.259 e. The summed E-state index contributed by atoms with van der Waals surface area (Å²) < 4.78 is 36.7. The standard InChI is InChI=1S/C44H47N5O6S/c1-30-39(43(51)46(3)35-13-15-37(50)16-14-35)26-42(45(30)2)40-24-32-17-18-48(56(53,54)38-11-5-4-6-12-38)27-34(32)25-41(40)44(52)49-28-33-10-8-7-9-31(33)23-36(49)29-47-19-21-55-22-20-47/h4-16,24-26,36,50H,17-23,27-29H2,1-3H3/t36-/m0/s1. The first-order valence-electron chi connectivity index (χ1n) is 19.1. The van der Waals surface area contributed by atoms with Crippen molar-refractivity contribution in [2.75, 3.05) is 51.3 Å². The normalized spacial score (nSPS) is 17.6. The van der Waals surface area contributed by atoms with E-state index in [1.165, 1.54) is 9.87 Å². The second-order valence-electron chi connectivity index (χ2n) is 15.0. The second kappa shape index (κ2) is 15.3. The van der Waals surface area contributed by atoms with Gasteiger partial charge in [0.2, 0.25) is 10.0 Å². The summed E-state index contributed by atoms with van der Waals surface area (Å²) in [6, 6.07) is 28.9. The first kappa shape index (κ1) is 37.6. The van der Waals surface area contributed by atoms with Crippen LogP contribution in [-0.2, 0) is 47.7 Å². The van der Waals surface area contributed by atoms with Gasteiger partial charge >= 0.3 is 0 Å². The van der Waals surface area contributed by atoms with Gasteiger partial charge in [-0.05, 0) is 96.6 Å². The lowest BCUT2D eigenvalue weighted by molar-refractivity contribution is 0.0193. The molecule has 11 nitrogen and oxygen atoms in total. The Labute approximate surface area is 328 Å². The molecule has 1 aromatic heterocycles. The zero-order valence-electron chi connectivity index (χ0n) is 32.0. The van der Waals surface area contributed by atoms with Crippen LogP contribution in [0.5, 0.6) is 5.75 Å². The Morgan fingerprint density at radius 3 is 2.25 bits per heavy atom. The van der Waals surface area contributed by atoms with E-state index in [9.17, 15) is 18.3 Å². The van der Waals surface area contributed by atoms with E-state index < -0.39 is 10.0 Å². The van der Waals surface area contributed by atoms with E-state index in [1.54, 1.807) is 66.5 Å². The average molecular weight is 774 g/mol. The van der Waals surface area contributed by atoms with Crippen molar-refractivity contribution >= 4 is 27.5 Å². The summed E-state index contributed by atoms with van der Waals surface area (Å²) in [7, 11) is -0.163. The van der Waals surface area contributed by atoms with Crippen molar-refractivity contribution in [3.63, 3.8) is 0 Å². The minimum Gasteiger partial charge on any atom is -0.508 e. The smallest absolute Gasteiger partial charge is 0.259 e. The number of aromatic hydroxyl groups is 1. The third-order valence-corrected chi connectivity index (χ3v) is 13.6. The molecule has 8 rings (SSSR count). The average Bonchev–Trinajstić information content (AvgIpc) is 3.52. The number of rotatable bonds is 8. The SMILES string of the molecule is Cc1c(C(=O)N(C)c2ccc(O)cc2)cc(-c2cc3c(cc2C(=O)N2Cc4ccccc4C[C@H]2CN2CCOCC2)CN(S(=O)(=O)c2ccccc2)CC3)n1C. The van der Waals surface area contributed by atoms with Crippen LogP contribution >= 0.6 is 0 Å². The number of carbonyl (C=O) groups is 2. The van der Waals surface area contributed by atoms with Crippen LogP contribution in [0.4, 0.5) is 5.69 Å². The number of hydrogen-bond acceptors (Lipinski definition) is 7. The molecule has 4 aromatic carbocycles. The predicted octanol–water partition coefficient (Wildman–Crippen LogP) is 5.63. The minimum atomic E-state index is -3.77. The van der Waals surface area contributed by atoms with Crippen LogP contribution in [-0.4, -0.2) is 96.5 Å². The molecule has 290 valence electrons. The van der Waals surface area contributed by atoms with E-state index >= 15 is 4.79 Å². The maximum absolute atomic E-state index is 15.3. The van der Waals surface area contributed by atoms with Crippen LogP contribution in [0.1, 0.15) is 48.7 Å². The number of fused-ring (bicyclic) bond motifs is 2. The Morgan fingerprint density at radius 2 is 1.52 bits per heavy atom. The molecular weight excluding hydrogens is 727 g/mol. The summed E-state index contributed by atoms with van der Waals surface area (Å²) in [5.74, 6) is -0.241. The van der Waals surface area contributed by atoms with E-state index in [1.807, 2.05) is 47.7 Å². The Morgan fingerprint density at radius 1 is 0.821 bits per heavy atom. The molecule has 3 aliphatic heterocycles. The third kappa shape index (κ3) is 7.14. The van der Waals surface area contributed by atoms with Crippen molar-refractivity contribution in [2.24, 2.45) is 7.05 Å². The Balaban J connectivity index is 1.22. The predicted molar refractivity (Wildman–Crippen MR) is 215 cm³/mol. The molecular formula is C44H47N5O6S. The fraction of sp³-hybridized carbons (Fsp3) is 0.318. The number of amides is 2. The molecule has 1 N–H and O–H groups in total. The van der Waals surface area contributed by atoms with Gasteiger partial charge in [0, 0.05) is 87.6 Å². The number of benzene rings is 4. The van der Waals surface area contributed by atoms with Gasteiger partial charge in [0.1, 0.15) is 5.75 Å². The fourth-order valence-electron chi connectivity index (χ4n) is 8.29. The summed E-state index contributed by atoms with van der Waals surface area (Å²) in [5, 5.41) is 9.83. The highest BCUT2D eigenvalue weighted by molar-refractivity contribution is 7.89. The molecule has 1 fully saturated rings. The Bertz CT molecular complexity index is 2390. The van der Waals surface area contributed by atoms with Crippen molar-refractivity contribution in [3.05, 3.63) is 136 Å². The highest BCUT2D eigenvalue weighted by Crippen LogP contribution is 2.37. The van der Waals surface area contributed by atoms with Crippen LogP contribution in [0.25, 0.3) is 11.3 Å². The quantitative estimate of drug-likeness (QED) is 0.218. The number of ether oxygens (including phenoxy) is 1. The maximum atomic E-state index is 15.3. The number of carbonyl (C=O) groups excluding carboxylic acids is 2. The van der Waals surface area contributed by atoms with E-state index in [0.717, 1.165) is 41.2 Å². The van der Waals surface area contributed by atoms with Gasteiger partial charge in [-0.2, -0.15) is 4.31 Å². The highest BCUT2D eigenvalue weighted by atomic mass is 32.2. The van der Waals surface area contributed by atoms with Crippen LogP contribution in [0.15, 0.2) is 102 Å². The third-order valence-electron chi connectivity index (χ3n) is 11.7. The lowest BCUT2D eigenvalue weighted by atomic mass is 9.89. The van der Waals surface area contributed by atoms with Crippen molar-refractivity contribution in [3.8, 4) is 17.0 Å². The summed E-state index contributed by atoms with van der Waals surface area (Å²) in [5.41, 5.74) is 7.87. The minimum absolute atomic E-state index is 0.0967. The number of anilines is 1. The molecule has 4 heterocycles. The van der Waals surface area contributed by atoms with Gasteiger partial charge in [-0.25, -0.2) is 8.42 Å². The molecule has 0 radical (unpaired) electrons. The molecule has 2 amide bonds. The summed E-state index contributed by atoms with van der Waals surface area (Å²) >= 11 is 0. The van der Waals surface area contributed by atoms with Gasteiger partial charge in [0.15, 0.2) is 0 Å². The summed E-state index contributed by atoms with van der Waals surface area (Å²) in [6.45, 7) is 6.40. The second-order valence-corrected chi connectivity index (χ2v) is 16.9. The molecule has 3 aliphatic rings. The lowest BCUT2D eigenvalue weighted by Gasteiger charge is -2.41. The monoisotopic (exact) mass is 773 g/mol.